The van der Waals surface area contributed by atoms with Crippen LogP contribution >= 0.6 is 0 Å². The van der Waals surface area contributed by atoms with Gasteiger partial charge in [0.25, 0.3) is 5.91 Å². The summed E-state index contributed by atoms with van der Waals surface area (Å²) in [4.78, 5) is 20.7. The topological polar surface area (TPSA) is 127 Å². The van der Waals surface area contributed by atoms with Gasteiger partial charge in [-0.15, -0.1) is 0 Å². The molecular formula is C18H25N5O3S. The van der Waals surface area contributed by atoms with Crippen LogP contribution in [0.3, 0.4) is 0 Å². The summed E-state index contributed by atoms with van der Waals surface area (Å²) < 4.78 is 22.5. The lowest BCUT2D eigenvalue weighted by Gasteiger charge is -2.09. The zero-order valence-corrected chi connectivity index (χ0v) is 16.3. The molecule has 27 heavy (non-hydrogen) atoms. The molecule has 0 unspecified atom stereocenters. The van der Waals surface area contributed by atoms with E-state index in [9.17, 15) is 13.2 Å². The SMILES string of the molecule is CCCCNC(=O)c1cc(NCCc2ccc(S(N)(=O)=O)cc2)nc(C)n1. The van der Waals surface area contributed by atoms with Gasteiger partial charge in [0.15, 0.2) is 0 Å². The van der Waals surface area contributed by atoms with E-state index in [1.807, 2.05) is 0 Å². The molecule has 2 aromatic rings. The fourth-order valence-corrected chi connectivity index (χ4v) is 2.94. The minimum atomic E-state index is -3.68. The van der Waals surface area contributed by atoms with E-state index in [1.165, 1.54) is 12.1 Å². The third kappa shape index (κ3) is 6.61. The number of primary sulfonamides is 1. The van der Waals surface area contributed by atoms with Gasteiger partial charge in [0.05, 0.1) is 4.90 Å². The maximum atomic E-state index is 12.1. The summed E-state index contributed by atoms with van der Waals surface area (Å²) in [5.74, 6) is 0.873. The van der Waals surface area contributed by atoms with Crippen molar-refractivity contribution in [2.24, 2.45) is 5.14 Å². The van der Waals surface area contributed by atoms with Gasteiger partial charge in [-0.3, -0.25) is 4.79 Å². The number of amides is 1. The average molecular weight is 391 g/mol. The van der Waals surface area contributed by atoms with E-state index < -0.39 is 10.0 Å². The van der Waals surface area contributed by atoms with Gasteiger partial charge < -0.3 is 10.6 Å². The number of anilines is 1. The van der Waals surface area contributed by atoms with Crippen molar-refractivity contribution in [3.8, 4) is 0 Å². The first-order chi connectivity index (χ1) is 12.8. The predicted octanol–water partition coefficient (Wildman–Crippen LogP) is 1.62. The molecule has 1 aromatic carbocycles. The van der Waals surface area contributed by atoms with Crippen LogP contribution in [-0.4, -0.2) is 37.4 Å². The average Bonchev–Trinajstić information content (AvgIpc) is 2.61. The number of carbonyl (C=O) groups is 1. The highest BCUT2D eigenvalue weighted by Gasteiger charge is 2.10. The summed E-state index contributed by atoms with van der Waals surface area (Å²) in [6.45, 7) is 4.99. The Balaban J connectivity index is 1.94. The Kier molecular flexibility index (Phi) is 7.26. The van der Waals surface area contributed by atoms with Gasteiger partial charge in [0.2, 0.25) is 10.0 Å². The van der Waals surface area contributed by atoms with Crippen LogP contribution in [0.15, 0.2) is 35.2 Å². The van der Waals surface area contributed by atoms with Crippen LogP contribution < -0.4 is 15.8 Å². The molecule has 2 rings (SSSR count). The molecule has 1 amide bonds. The molecule has 1 heterocycles. The summed E-state index contributed by atoms with van der Waals surface area (Å²) in [7, 11) is -3.68. The van der Waals surface area contributed by atoms with Crippen LogP contribution in [-0.2, 0) is 16.4 Å². The first-order valence-electron chi connectivity index (χ1n) is 8.79. The highest BCUT2D eigenvalue weighted by molar-refractivity contribution is 7.89. The highest BCUT2D eigenvalue weighted by Crippen LogP contribution is 2.11. The van der Waals surface area contributed by atoms with Gasteiger partial charge in [-0.25, -0.2) is 23.5 Å². The number of rotatable bonds is 9. The molecule has 9 heteroatoms. The highest BCUT2D eigenvalue weighted by atomic mass is 32.2. The Labute approximate surface area is 159 Å². The first kappa shape index (κ1) is 20.8. The number of aryl methyl sites for hydroxylation is 1. The van der Waals surface area contributed by atoms with Crippen molar-refractivity contribution >= 4 is 21.7 Å². The number of carbonyl (C=O) groups excluding carboxylic acids is 1. The smallest absolute Gasteiger partial charge is 0.270 e. The monoisotopic (exact) mass is 391 g/mol. The Morgan fingerprint density at radius 1 is 1.15 bits per heavy atom. The zero-order chi connectivity index (χ0) is 19.9. The molecule has 0 radical (unpaired) electrons. The summed E-state index contributed by atoms with van der Waals surface area (Å²) in [5, 5.41) is 11.1. The molecule has 0 aliphatic carbocycles. The van der Waals surface area contributed by atoms with Crippen LogP contribution in [0.2, 0.25) is 0 Å². The molecule has 0 aliphatic rings. The van der Waals surface area contributed by atoms with Gasteiger partial charge in [-0.05, 0) is 37.5 Å². The van der Waals surface area contributed by atoms with Gasteiger partial charge in [0, 0.05) is 19.2 Å². The number of unbranched alkanes of at least 4 members (excludes halogenated alkanes) is 1. The number of nitrogens with one attached hydrogen (secondary N) is 2. The minimum absolute atomic E-state index is 0.0874. The Morgan fingerprint density at radius 3 is 2.48 bits per heavy atom. The molecule has 1 aromatic heterocycles. The van der Waals surface area contributed by atoms with E-state index >= 15 is 0 Å². The van der Waals surface area contributed by atoms with Crippen LogP contribution in [0.5, 0.6) is 0 Å². The summed E-state index contributed by atoms with van der Waals surface area (Å²) in [6.07, 6.45) is 2.59. The van der Waals surface area contributed by atoms with E-state index in [0.29, 0.717) is 36.8 Å². The van der Waals surface area contributed by atoms with E-state index in [-0.39, 0.29) is 10.8 Å². The fraction of sp³-hybridized carbons (Fsp3) is 0.389. The van der Waals surface area contributed by atoms with E-state index in [0.717, 1.165) is 18.4 Å². The van der Waals surface area contributed by atoms with Crippen molar-refractivity contribution < 1.29 is 13.2 Å². The second-order valence-corrected chi connectivity index (χ2v) is 7.72. The molecule has 4 N–H and O–H groups in total. The molecule has 8 nitrogen and oxygen atoms in total. The number of nitrogens with two attached hydrogens (primary N) is 1. The second kappa shape index (κ2) is 9.43. The van der Waals surface area contributed by atoms with Gasteiger partial charge in [-0.2, -0.15) is 0 Å². The Morgan fingerprint density at radius 2 is 1.85 bits per heavy atom. The third-order valence-electron chi connectivity index (χ3n) is 3.86. The normalized spacial score (nSPS) is 11.2. The third-order valence-corrected chi connectivity index (χ3v) is 4.79. The molecule has 0 atom stereocenters. The lowest BCUT2D eigenvalue weighted by atomic mass is 10.1. The Bertz CT molecular complexity index is 882. The molecule has 0 aliphatic heterocycles. The molecule has 146 valence electrons. The fourth-order valence-electron chi connectivity index (χ4n) is 2.42. The predicted molar refractivity (Wildman–Crippen MR) is 104 cm³/mol. The van der Waals surface area contributed by atoms with Crippen LogP contribution in [0.25, 0.3) is 0 Å². The molecule has 0 bridgehead atoms. The van der Waals surface area contributed by atoms with E-state index in [1.54, 1.807) is 25.1 Å². The summed E-state index contributed by atoms with van der Waals surface area (Å²) in [6, 6.07) is 8.04. The minimum Gasteiger partial charge on any atom is -0.370 e. The van der Waals surface area contributed by atoms with Crippen LogP contribution in [0, 0.1) is 6.92 Å². The molecule has 0 fully saturated rings. The van der Waals surface area contributed by atoms with Crippen molar-refractivity contribution in [1.82, 2.24) is 15.3 Å². The number of hydrogen-bond acceptors (Lipinski definition) is 6. The molecule has 0 saturated heterocycles. The Hall–Kier alpha value is -2.52. The van der Waals surface area contributed by atoms with Gasteiger partial charge >= 0.3 is 0 Å². The molecule has 0 spiro atoms. The maximum absolute atomic E-state index is 12.1. The summed E-state index contributed by atoms with van der Waals surface area (Å²) in [5.41, 5.74) is 1.29. The largest absolute Gasteiger partial charge is 0.370 e. The number of sulfonamides is 1. The summed E-state index contributed by atoms with van der Waals surface area (Å²) >= 11 is 0. The maximum Gasteiger partial charge on any atom is 0.270 e. The second-order valence-electron chi connectivity index (χ2n) is 6.16. The lowest BCUT2D eigenvalue weighted by Crippen LogP contribution is -2.26. The van der Waals surface area contributed by atoms with E-state index in [4.69, 9.17) is 5.14 Å². The standard InChI is InChI=1S/C18H25N5O3S/c1-3-4-10-21-18(24)16-12-17(23-13(2)22-16)20-11-9-14-5-7-15(8-6-14)27(19,25)26/h5-8,12H,3-4,9-11H2,1-2H3,(H,21,24)(H2,19,25,26)(H,20,22,23). The first-order valence-corrected chi connectivity index (χ1v) is 10.3. The quantitative estimate of drug-likeness (QED) is 0.557. The number of aromatic nitrogens is 2. The van der Waals surface area contributed by atoms with E-state index in [2.05, 4.69) is 27.5 Å². The van der Waals surface area contributed by atoms with Crippen molar-refractivity contribution in [2.45, 2.75) is 38.0 Å². The van der Waals surface area contributed by atoms with Crippen molar-refractivity contribution in [3.05, 3.63) is 47.4 Å². The van der Waals surface area contributed by atoms with Gasteiger partial charge in [-0.1, -0.05) is 25.5 Å². The van der Waals surface area contributed by atoms with Crippen molar-refractivity contribution in [3.63, 3.8) is 0 Å². The zero-order valence-electron chi connectivity index (χ0n) is 15.5. The number of hydrogen-bond donors (Lipinski definition) is 3. The molecule has 0 saturated carbocycles. The van der Waals surface area contributed by atoms with Crippen LogP contribution in [0.1, 0.15) is 41.6 Å². The number of nitrogens with zero attached hydrogens (tertiary/aromatic N) is 2. The van der Waals surface area contributed by atoms with Crippen LogP contribution in [0.4, 0.5) is 5.82 Å². The number of benzene rings is 1. The molecular weight excluding hydrogens is 366 g/mol. The lowest BCUT2D eigenvalue weighted by molar-refractivity contribution is 0.0948. The van der Waals surface area contributed by atoms with Crippen molar-refractivity contribution in [1.29, 1.82) is 0 Å². The van der Waals surface area contributed by atoms with Gasteiger partial charge in [0.1, 0.15) is 17.3 Å². The van der Waals surface area contributed by atoms with Crippen molar-refractivity contribution in [2.75, 3.05) is 18.4 Å².